The van der Waals surface area contributed by atoms with Gasteiger partial charge < -0.3 is 15.4 Å². The summed E-state index contributed by atoms with van der Waals surface area (Å²) in [5, 5.41) is 6.57. The molecule has 2 N–H and O–H groups in total. The summed E-state index contributed by atoms with van der Waals surface area (Å²) in [5.41, 5.74) is 3.21. The fourth-order valence-electron chi connectivity index (χ4n) is 2.79. The van der Waals surface area contributed by atoms with Gasteiger partial charge >= 0.3 is 0 Å². The van der Waals surface area contributed by atoms with E-state index in [9.17, 15) is 8.42 Å². The van der Waals surface area contributed by atoms with E-state index in [1.807, 2.05) is 0 Å². The van der Waals surface area contributed by atoms with E-state index in [0.717, 1.165) is 23.3 Å². The van der Waals surface area contributed by atoms with Crippen molar-refractivity contribution in [3.63, 3.8) is 0 Å². The van der Waals surface area contributed by atoms with Crippen LogP contribution in [0.3, 0.4) is 0 Å². The van der Waals surface area contributed by atoms with E-state index < -0.39 is 9.84 Å². The van der Waals surface area contributed by atoms with Crippen LogP contribution in [-0.2, 0) is 22.9 Å². The van der Waals surface area contributed by atoms with Crippen molar-refractivity contribution < 1.29 is 13.2 Å². The molecule has 0 aromatic heterocycles. The van der Waals surface area contributed by atoms with Crippen molar-refractivity contribution in [2.75, 3.05) is 19.9 Å². The van der Waals surface area contributed by atoms with Gasteiger partial charge in [-0.25, -0.2) is 8.42 Å². The highest BCUT2D eigenvalue weighted by molar-refractivity contribution is 7.90. The number of aryl methyl sites for hydroxylation is 1. The van der Waals surface area contributed by atoms with Crippen molar-refractivity contribution in [1.82, 2.24) is 10.6 Å². The van der Waals surface area contributed by atoms with Gasteiger partial charge in [-0.2, -0.15) is 0 Å². The summed E-state index contributed by atoms with van der Waals surface area (Å²) >= 11 is 0. The van der Waals surface area contributed by atoms with Crippen LogP contribution in [0.25, 0.3) is 0 Å². The molecule has 0 heterocycles. The van der Waals surface area contributed by atoms with Gasteiger partial charge in [-0.15, -0.1) is 0 Å². The van der Waals surface area contributed by atoms with Gasteiger partial charge in [0.05, 0.1) is 11.5 Å². The minimum Gasteiger partial charge on any atom is -0.493 e. The number of rotatable bonds is 9. The second-order valence-electron chi connectivity index (χ2n) is 7.84. The monoisotopic (exact) mass is 431 g/mol. The summed E-state index contributed by atoms with van der Waals surface area (Å²) in [7, 11) is -1.46. The maximum atomic E-state index is 11.6. The van der Waals surface area contributed by atoms with E-state index in [2.05, 4.69) is 54.6 Å². The molecular formula is C23H33N3O3S. The van der Waals surface area contributed by atoms with Crippen LogP contribution in [0.1, 0.15) is 37.0 Å². The maximum Gasteiger partial charge on any atom is 0.191 e. The van der Waals surface area contributed by atoms with Gasteiger partial charge in [0, 0.05) is 32.0 Å². The molecule has 0 radical (unpaired) electrons. The lowest BCUT2D eigenvalue weighted by atomic mass is 10.1. The van der Waals surface area contributed by atoms with Crippen LogP contribution in [0.5, 0.6) is 5.75 Å². The van der Waals surface area contributed by atoms with Crippen molar-refractivity contribution in [3.05, 3.63) is 59.2 Å². The minimum atomic E-state index is -3.18. The first-order valence-electron chi connectivity index (χ1n) is 10.1. The van der Waals surface area contributed by atoms with Crippen molar-refractivity contribution >= 4 is 15.8 Å². The molecule has 164 valence electrons. The molecule has 2 aromatic rings. The molecule has 0 aliphatic rings. The molecule has 7 heteroatoms. The largest absolute Gasteiger partial charge is 0.493 e. The predicted molar refractivity (Wildman–Crippen MR) is 123 cm³/mol. The first-order chi connectivity index (χ1) is 14.2. The molecule has 2 rings (SSSR count). The fraction of sp³-hybridized carbons (Fsp3) is 0.435. The lowest BCUT2D eigenvalue weighted by Crippen LogP contribution is -2.36. The van der Waals surface area contributed by atoms with Crippen LogP contribution in [0, 0.1) is 12.8 Å². The standard InChI is InChI=1S/C23H33N3O3S/c1-17(2)12-13-29-22-14-18(3)6-9-20(22)16-26-23(24-4)25-15-19-7-10-21(11-8-19)30(5,27)28/h6-11,14,17H,12-13,15-16H2,1-5H3,(H2,24,25,26). The third-order valence-corrected chi connectivity index (χ3v) is 5.79. The SMILES string of the molecule is CN=C(NCc1ccc(S(C)(=O)=O)cc1)NCc1ccc(C)cc1OCCC(C)C. The second kappa shape index (κ2) is 11.0. The fourth-order valence-corrected chi connectivity index (χ4v) is 3.42. The van der Waals surface area contributed by atoms with Crippen LogP contribution in [0.4, 0.5) is 0 Å². The lowest BCUT2D eigenvalue weighted by molar-refractivity contribution is 0.286. The Kier molecular flexibility index (Phi) is 8.72. The van der Waals surface area contributed by atoms with Gasteiger partial charge in [0.2, 0.25) is 0 Å². The Morgan fingerprint density at radius 2 is 1.73 bits per heavy atom. The highest BCUT2D eigenvalue weighted by atomic mass is 32.2. The average Bonchev–Trinajstić information content (AvgIpc) is 2.68. The number of hydrogen-bond acceptors (Lipinski definition) is 4. The van der Waals surface area contributed by atoms with E-state index in [0.29, 0.717) is 36.5 Å². The first kappa shape index (κ1) is 23.7. The Labute approximate surface area is 180 Å². The van der Waals surface area contributed by atoms with Crippen LogP contribution < -0.4 is 15.4 Å². The zero-order valence-corrected chi connectivity index (χ0v) is 19.3. The number of nitrogens with one attached hydrogen (secondary N) is 2. The Morgan fingerprint density at radius 1 is 1.07 bits per heavy atom. The minimum absolute atomic E-state index is 0.318. The molecular weight excluding hydrogens is 398 g/mol. The summed E-state index contributed by atoms with van der Waals surface area (Å²) in [4.78, 5) is 4.58. The van der Waals surface area contributed by atoms with E-state index in [4.69, 9.17) is 4.74 Å². The van der Waals surface area contributed by atoms with Crippen LogP contribution in [0.15, 0.2) is 52.4 Å². The van der Waals surface area contributed by atoms with Gasteiger partial charge in [0.15, 0.2) is 15.8 Å². The summed E-state index contributed by atoms with van der Waals surface area (Å²) in [6, 6.07) is 13.1. The molecule has 2 aromatic carbocycles. The third-order valence-electron chi connectivity index (χ3n) is 4.66. The van der Waals surface area contributed by atoms with E-state index in [1.165, 1.54) is 11.8 Å². The first-order valence-corrected chi connectivity index (χ1v) is 12.0. The molecule has 0 bridgehead atoms. The Balaban J connectivity index is 1.94. The number of benzene rings is 2. The van der Waals surface area contributed by atoms with Crippen molar-refractivity contribution in [3.8, 4) is 5.75 Å². The van der Waals surface area contributed by atoms with Gasteiger partial charge in [0.25, 0.3) is 0 Å². The summed E-state index contributed by atoms with van der Waals surface area (Å²) in [5.74, 6) is 2.16. The molecule has 6 nitrogen and oxygen atoms in total. The summed E-state index contributed by atoms with van der Waals surface area (Å²) in [6.07, 6.45) is 2.22. The number of hydrogen-bond donors (Lipinski definition) is 2. The molecule has 0 fully saturated rings. The zero-order valence-electron chi connectivity index (χ0n) is 18.5. The van der Waals surface area contributed by atoms with Crippen molar-refractivity contribution in [2.24, 2.45) is 10.9 Å². The van der Waals surface area contributed by atoms with E-state index >= 15 is 0 Å². The molecule has 0 saturated carbocycles. The van der Waals surface area contributed by atoms with Crippen LogP contribution in [0.2, 0.25) is 0 Å². The number of ether oxygens (including phenoxy) is 1. The number of guanidine groups is 1. The molecule has 0 aliphatic heterocycles. The maximum absolute atomic E-state index is 11.6. The molecule has 0 saturated heterocycles. The Bertz CT molecular complexity index is 952. The topological polar surface area (TPSA) is 79.8 Å². The lowest BCUT2D eigenvalue weighted by Gasteiger charge is -2.16. The van der Waals surface area contributed by atoms with E-state index in [-0.39, 0.29) is 0 Å². The van der Waals surface area contributed by atoms with E-state index in [1.54, 1.807) is 31.3 Å². The van der Waals surface area contributed by atoms with Gasteiger partial charge in [0.1, 0.15) is 5.75 Å². The van der Waals surface area contributed by atoms with Gasteiger partial charge in [-0.05, 0) is 48.6 Å². The zero-order chi connectivity index (χ0) is 22.1. The quantitative estimate of drug-likeness (QED) is 0.468. The molecule has 0 unspecified atom stereocenters. The number of nitrogens with zero attached hydrogens (tertiary/aromatic N) is 1. The third kappa shape index (κ3) is 7.71. The molecule has 0 amide bonds. The summed E-state index contributed by atoms with van der Waals surface area (Å²) in [6.45, 7) is 8.25. The normalized spacial score (nSPS) is 12.1. The predicted octanol–water partition coefficient (Wildman–Crippen LogP) is 3.69. The van der Waals surface area contributed by atoms with Crippen LogP contribution in [-0.4, -0.2) is 34.3 Å². The van der Waals surface area contributed by atoms with Crippen LogP contribution >= 0.6 is 0 Å². The Hall–Kier alpha value is -2.54. The van der Waals surface area contributed by atoms with Crippen molar-refractivity contribution in [1.29, 1.82) is 0 Å². The smallest absolute Gasteiger partial charge is 0.191 e. The average molecular weight is 432 g/mol. The number of aliphatic imine (C=N–C) groups is 1. The highest BCUT2D eigenvalue weighted by Crippen LogP contribution is 2.21. The highest BCUT2D eigenvalue weighted by Gasteiger charge is 2.08. The number of sulfone groups is 1. The summed E-state index contributed by atoms with van der Waals surface area (Å²) < 4.78 is 29.2. The second-order valence-corrected chi connectivity index (χ2v) is 9.85. The molecule has 0 aliphatic carbocycles. The van der Waals surface area contributed by atoms with Gasteiger partial charge in [-0.3, -0.25) is 4.99 Å². The molecule has 30 heavy (non-hydrogen) atoms. The molecule has 0 spiro atoms. The molecule has 0 atom stereocenters. The van der Waals surface area contributed by atoms with Crippen molar-refractivity contribution in [2.45, 2.75) is 45.2 Å². The Morgan fingerprint density at radius 3 is 2.33 bits per heavy atom. The van der Waals surface area contributed by atoms with Gasteiger partial charge in [-0.1, -0.05) is 38.1 Å².